The lowest BCUT2D eigenvalue weighted by atomic mass is 10.1. The van der Waals surface area contributed by atoms with E-state index < -0.39 is 15.1 Å². The van der Waals surface area contributed by atoms with E-state index in [4.69, 9.17) is 0 Å². The van der Waals surface area contributed by atoms with Crippen molar-refractivity contribution in [3.63, 3.8) is 0 Å². The van der Waals surface area contributed by atoms with Crippen LogP contribution in [0.4, 0.5) is 10.1 Å². The summed E-state index contributed by atoms with van der Waals surface area (Å²) in [4.78, 5) is 16.8. The maximum absolute atomic E-state index is 13.1. The van der Waals surface area contributed by atoms with Crippen LogP contribution in [0.1, 0.15) is 24.2 Å². The molecule has 144 valence electrons. The summed E-state index contributed by atoms with van der Waals surface area (Å²) in [6, 6.07) is 12.7. The van der Waals surface area contributed by atoms with Crippen LogP contribution in [0.25, 0.3) is 0 Å². The SMILES string of the molecule is CC(C)S(=O)(=O)c1ccccc1C(=O)N1CCN(c2ccc(F)cc2)CC1. The number of amides is 1. The molecule has 0 radical (unpaired) electrons. The zero-order valence-corrected chi connectivity index (χ0v) is 16.2. The maximum Gasteiger partial charge on any atom is 0.255 e. The third-order valence-electron chi connectivity index (χ3n) is 4.80. The Morgan fingerprint density at radius 2 is 1.56 bits per heavy atom. The van der Waals surface area contributed by atoms with Gasteiger partial charge < -0.3 is 9.80 Å². The van der Waals surface area contributed by atoms with Crippen LogP contribution in [-0.2, 0) is 9.84 Å². The Bertz CT molecular complexity index is 918. The molecule has 3 rings (SSSR count). The minimum absolute atomic E-state index is 0.0889. The van der Waals surface area contributed by atoms with Gasteiger partial charge in [0.15, 0.2) is 9.84 Å². The van der Waals surface area contributed by atoms with Crippen LogP contribution in [0.5, 0.6) is 0 Å². The lowest BCUT2D eigenvalue weighted by Gasteiger charge is -2.36. The van der Waals surface area contributed by atoms with Crippen molar-refractivity contribution in [3.8, 4) is 0 Å². The molecule has 2 aromatic carbocycles. The number of sulfone groups is 1. The third kappa shape index (κ3) is 3.98. The molecular weight excluding hydrogens is 367 g/mol. The summed E-state index contributed by atoms with van der Waals surface area (Å²) in [5, 5.41) is -0.596. The number of anilines is 1. The van der Waals surface area contributed by atoms with E-state index in [1.807, 2.05) is 0 Å². The van der Waals surface area contributed by atoms with Crippen LogP contribution in [-0.4, -0.2) is 50.7 Å². The number of hydrogen-bond acceptors (Lipinski definition) is 4. The topological polar surface area (TPSA) is 57.7 Å². The molecule has 5 nitrogen and oxygen atoms in total. The van der Waals surface area contributed by atoms with Crippen molar-refractivity contribution in [2.24, 2.45) is 0 Å². The van der Waals surface area contributed by atoms with Crippen molar-refractivity contribution in [1.29, 1.82) is 0 Å². The highest BCUT2D eigenvalue weighted by Gasteiger charge is 2.29. The Morgan fingerprint density at radius 1 is 0.963 bits per heavy atom. The minimum Gasteiger partial charge on any atom is -0.368 e. The lowest BCUT2D eigenvalue weighted by Crippen LogP contribution is -2.49. The smallest absolute Gasteiger partial charge is 0.255 e. The first-order chi connectivity index (χ1) is 12.8. The number of hydrogen-bond donors (Lipinski definition) is 0. The van der Waals surface area contributed by atoms with Crippen LogP contribution in [0.15, 0.2) is 53.4 Å². The molecule has 27 heavy (non-hydrogen) atoms. The van der Waals surface area contributed by atoms with Crippen LogP contribution < -0.4 is 4.90 Å². The first-order valence-electron chi connectivity index (χ1n) is 8.93. The Labute approximate surface area is 159 Å². The molecule has 0 saturated carbocycles. The highest BCUT2D eigenvalue weighted by Crippen LogP contribution is 2.23. The average Bonchev–Trinajstić information content (AvgIpc) is 2.68. The predicted molar refractivity (Wildman–Crippen MR) is 103 cm³/mol. The van der Waals surface area contributed by atoms with Crippen LogP contribution in [0, 0.1) is 5.82 Å². The molecule has 0 unspecified atom stereocenters. The molecule has 0 N–H and O–H groups in total. The normalized spacial score (nSPS) is 15.3. The van der Waals surface area contributed by atoms with Gasteiger partial charge in [0.05, 0.1) is 15.7 Å². The van der Waals surface area contributed by atoms with Gasteiger partial charge in [-0.25, -0.2) is 12.8 Å². The van der Waals surface area contributed by atoms with Gasteiger partial charge in [-0.1, -0.05) is 12.1 Å². The average molecular weight is 390 g/mol. The Hall–Kier alpha value is -2.41. The van der Waals surface area contributed by atoms with E-state index in [1.165, 1.54) is 18.2 Å². The van der Waals surface area contributed by atoms with Crippen molar-refractivity contribution < 1.29 is 17.6 Å². The van der Waals surface area contributed by atoms with E-state index in [0.29, 0.717) is 26.2 Å². The summed E-state index contributed by atoms with van der Waals surface area (Å²) in [6.07, 6.45) is 0. The number of nitrogens with zero attached hydrogens (tertiary/aromatic N) is 2. The molecule has 2 aromatic rings. The van der Waals surface area contributed by atoms with Gasteiger partial charge >= 0.3 is 0 Å². The van der Waals surface area contributed by atoms with Gasteiger partial charge in [-0.15, -0.1) is 0 Å². The molecule has 0 aliphatic carbocycles. The van der Waals surface area contributed by atoms with Crippen molar-refractivity contribution in [2.75, 3.05) is 31.1 Å². The lowest BCUT2D eigenvalue weighted by molar-refractivity contribution is 0.0743. The van der Waals surface area contributed by atoms with E-state index in [1.54, 1.807) is 49.1 Å². The zero-order chi connectivity index (χ0) is 19.6. The second-order valence-corrected chi connectivity index (χ2v) is 9.32. The standard InChI is InChI=1S/C20H23FN2O3S/c1-15(2)27(25,26)19-6-4-3-5-18(19)20(24)23-13-11-22(12-14-23)17-9-7-16(21)8-10-17/h3-10,15H,11-14H2,1-2H3. The van der Waals surface area contributed by atoms with Gasteiger partial charge in [-0.05, 0) is 50.2 Å². The van der Waals surface area contributed by atoms with Gasteiger partial charge in [0.25, 0.3) is 5.91 Å². The number of carbonyl (C=O) groups excluding carboxylic acids is 1. The minimum atomic E-state index is -3.54. The molecule has 1 heterocycles. The highest BCUT2D eigenvalue weighted by molar-refractivity contribution is 7.92. The summed E-state index contributed by atoms with van der Waals surface area (Å²) in [5.74, 6) is -0.552. The fourth-order valence-electron chi connectivity index (χ4n) is 3.14. The molecule has 0 atom stereocenters. The summed E-state index contributed by atoms with van der Waals surface area (Å²) in [7, 11) is -3.54. The predicted octanol–water partition coefficient (Wildman–Crippen LogP) is 2.97. The fraction of sp³-hybridized carbons (Fsp3) is 0.350. The van der Waals surface area contributed by atoms with Crippen molar-refractivity contribution in [3.05, 3.63) is 59.9 Å². The first-order valence-corrected chi connectivity index (χ1v) is 10.5. The molecule has 7 heteroatoms. The van der Waals surface area contributed by atoms with Gasteiger partial charge in [-0.3, -0.25) is 4.79 Å². The molecule has 0 aromatic heterocycles. The number of benzene rings is 2. The molecular formula is C20H23FN2O3S. The summed E-state index contributed by atoms with van der Waals surface area (Å²) in [5.41, 5.74) is 1.13. The summed E-state index contributed by atoms with van der Waals surface area (Å²) < 4.78 is 38.3. The monoisotopic (exact) mass is 390 g/mol. The Balaban J connectivity index is 1.76. The molecule has 1 amide bonds. The fourth-order valence-corrected chi connectivity index (χ4v) is 4.37. The zero-order valence-electron chi connectivity index (χ0n) is 15.4. The molecule has 0 spiro atoms. The van der Waals surface area contributed by atoms with E-state index >= 15 is 0 Å². The molecule has 0 bridgehead atoms. The van der Waals surface area contributed by atoms with Crippen molar-refractivity contribution in [2.45, 2.75) is 24.0 Å². The maximum atomic E-state index is 13.1. The van der Waals surface area contributed by atoms with Gasteiger partial charge in [-0.2, -0.15) is 0 Å². The third-order valence-corrected chi connectivity index (χ3v) is 7.01. The van der Waals surface area contributed by atoms with E-state index in [2.05, 4.69) is 4.90 Å². The number of halogens is 1. The second kappa shape index (κ2) is 7.68. The number of carbonyl (C=O) groups is 1. The van der Waals surface area contributed by atoms with Gasteiger partial charge in [0.2, 0.25) is 0 Å². The van der Waals surface area contributed by atoms with Crippen molar-refractivity contribution in [1.82, 2.24) is 4.90 Å². The molecule has 1 saturated heterocycles. The number of piperazine rings is 1. The van der Waals surface area contributed by atoms with Crippen LogP contribution >= 0.6 is 0 Å². The molecule has 1 fully saturated rings. The van der Waals surface area contributed by atoms with Crippen molar-refractivity contribution >= 4 is 21.4 Å². The second-order valence-electron chi connectivity index (χ2n) is 6.85. The van der Waals surface area contributed by atoms with Gasteiger partial charge in [0.1, 0.15) is 5.82 Å². The van der Waals surface area contributed by atoms with Crippen LogP contribution in [0.3, 0.4) is 0 Å². The van der Waals surface area contributed by atoms with Crippen LogP contribution in [0.2, 0.25) is 0 Å². The molecule has 1 aliphatic rings. The summed E-state index contributed by atoms with van der Waals surface area (Å²) >= 11 is 0. The molecule has 1 aliphatic heterocycles. The first kappa shape index (κ1) is 19.4. The Kier molecular flexibility index (Phi) is 5.51. The van der Waals surface area contributed by atoms with E-state index in [0.717, 1.165) is 5.69 Å². The quantitative estimate of drug-likeness (QED) is 0.805. The Morgan fingerprint density at radius 3 is 2.15 bits per heavy atom. The largest absolute Gasteiger partial charge is 0.368 e. The van der Waals surface area contributed by atoms with E-state index in [-0.39, 0.29) is 22.2 Å². The van der Waals surface area contributed by atoms with Gasteiger partial charge in [0, 0.05) is 31.9 Å². The highest BCUT2D eigenvalue weighted by atomic mass is 32.2. The summed E-state index contributed by atoms with van der Waals surface area (Å²) in [6.45, 7) is 5.39. The van der Waals surface area contributed by atoms with E-state index in [9.17, 15) is 17.6 Å². The number of rotatable bonds is 4.